The van der Waals surface area contributed by atoms with Gasteiger partial charge in [0, 0.05) is 6.54 Å². The third-order valence-electron chi connectivity index (χ3n) is 2.95. The van der Waals surface area contributed by atoms with Gasteiger partial charge in [-0.25, -0.2) is 10.1 Å². The molecule has 0 N–H and O–H groups in total. The normalized spacial score (nSPS) is 15.2. The van der Waals surface area contributed by atoms with Crippen molar-refractivity contribution >= 4 is 6.09 Å². The lowest BCUT2D eigenvalue weighted by Crippen LogP contribution is -2.24. The molecular formula is C13H16NO2. The van der Waals surface area contributed by atoms with Gasteiger partial charge >= 0.3 is 6.09 Å². The minimum atomic E-state index is -0.481. The molecule has 0 saturated heterocycles. The number of carbonyl (C=O) groups excluding carboxylic acids is 1. The van der Waals surface area contributed by atoms with Crippen LogP contribution in [0.15, 0.2) is 30.3 Å². The van der Waals surface area contributed by atoms with Crippen LogP contribution >= 0.6 is 0 Å². The predicted molar refractivity (Wildman–Crippen MR) is 61.4 cm³/mol. The topological polar surface area (TPSA) is 40.4 Å². The van der Waals surface area contributed by atoms with Crippen LogP contribution in [0.2, 0.25) is 0 Å². The smallest absolute Gasteiger partial charge is 0.409 e. The first-order valence-corrected chi connectivity index (χ1v) is 5.79. The molecule has 1 aromatic carbocycles. The van der Waals surface area contributed by atoms with E-state index in [1.54, 1.807) is 12.1 Å². The average Bonchev–Trinajstić information content (AvgIpc) is 2.23. The van der Waals surface area contributed by atoms with Crippen molar-refractivity contribution in [3.05, 3.63) is 30.3 Å². The van der Waals surface area contributed by atoms with Crippen molar-refractivity contribution in [2.45, 2.75) is 25.7 Å². The van der Waals surface area contributed by atoms with Crippen molar-refractivity contribution in [2.75, 3.05) is 6.54 Å². The predicted octanol–water partition coefficient (Wildman–Crippen LogP) is 2.98. The molecule has 1 aliphatic carbocycles. The Bertz CT molecular complexity index is 333. The van der Waals surface area contributed by atoms with E-state index in [9.17, 15) is 4.79 Å². The van der Waals surface area contributed by atoms with Gasteiger partial charge < -0.3 is 4.74 Å². The van der Waals surface area contributed by atoms with Gasteiger partial charge in [0.15, 0.2) is 0 Å². The maximum atomic E-state index is 11.3. The van der Waals surface area contributed by atoms with Crippen molar-refractivity contribution in [3.63, 3.8) is 0 Å². The van der Waals surface area contributed by atoms with E-state index in [0.29, 0.717) is 12.3 Å². The highest BCUT2D eigenvalue weighted by Crippen LogP contribution is 2.28. The van der Waals surface area contributed by atoms with E-state index >= 15 is 0 Å². The lowest BCUT2D eigenvalue weighted by atomic mass is 9.83. The molecule has 1 aromatic rings. The molecule has 1 amide bonds. The molecule has 0 heterocycles. The molecule has 0 unspecified atom stereocenters. The second-order valence-corrected chi connectivity index (χ2v) is 4.15. The molecule has 1 fully saturated rings. The second kappa shape index (κ2) is 5.54. The van der Waals surface area contributed by atoms with E-state index in [2.05, 4.69) is 5.32 Å². The molecule has 0 aromatic heterocycles. The summed E-state index contributed by atoms with van der Waals surface area (Å²) in [5.41, 5.74) is 0. The largest absolute Gasteiger partial charge is 0.434 e. The third-order valence-corrected chi connectivity index (χ3v) is 2.95. The summed E-state index contributed by atoms with van der Waals surface area (Å²) in [7, 11) is 0. The van der Waals surface area contributed by atoms with Crippen LogP contribution < -0.4 is 10.1 Å². The summed E-state index contributed by atoms with van der Waals surface area (Å²) in [6.07, 6.45) is 4.46. The Morgan fingerprint density at radius 3 is 2.69 bits per heavy atom. The molecule has 0 atom stereocenters. The van der Waals surface area contributed by atoms with Crippen molar-refractivity contribution in [1.82, 2.24) is 5.32 Å². The monoisotopic (exact) mass is 218 g/mol. The van der Waals surface area contributed by atoms with Gasteiger partial charge in [-0.3, -0.25) is 0 Å². The summed E-state index contributed by atoms with van der Waals surface area (Å²) < 4.78 is 5.04. The van der Waals surface area contributed by atoms with Crippen LogP contribution in [-0.2, 0) is 0 Å². The minimum Gasteiger partial charge on any atom is -0.409 e. The first-order chi connectivity index (χ1) is 7.84. The maximum absolute atomic E-state index is 11.3. The summed E-state index contributed by atoms with van der Waals surface area (Å²) in [6, 6.07) is 9.04. The van der Waals surface area contributed by atoms with Gasteiger partial charge in [-0.15, -0.1) is 0 Å². The van der Waals surface area contributed by atoms with Crippen molar-refractivity contribution in [3.8, 4) is 5.75 Å². The zero-order chi connectivity index (χ0) is 11.2. The molecule has 0 spiro atoms. The number of para-hydroxylation sites is 1. The van der Waals surface area contributed by atoms with E-state index in [1.807, 2.05) is 18.2 Å². The van der Waals surface area contributed by atoms with Crippen LogP contribution in [-0.4, -0.2) is 12.6 Å². The van der Waals surface area contributed by atoms with E-state index in [4.69, 9.17) is 4.74 Å². The summed E-state index contributed by atoms with van der Waals surface area (Å²) in [6.45, 7) is 0.594. The fourth-order valence-electron chi connectivity index (χ4n) is 1.74. The molecular weight excluding hydrogens is 202 g/mol. The molecule has 1 aliphatic rings. The highest BCUT2D eigenvalue weighted by molar-refractivity contribution is 5.69. The molecule has 85 valence electrons. The van der Waals surface area contributed by atoms with E-state index < -0.39 is 6.09 Å². The molecule has 1 saturated carbocycles. The molecule has 16 heavy (non-hydrogen) atoms. The van der Waals surface area contributed by atoms with Crippen LogP contribution in [0.3, 0.4) is 0 Å². The van der Waals surface area contributed by atoms with E-state index in [1.165, 1.54) is 19.3 Å². The van der Waals surface area contributed by atoms with Gasteiger partial charge in [0.2, 0.25) is 0 Å². The van der Waals surface area contributed by atoms with E-state index in [0.717, 1.165) is 12.3 Å². The van der Waals surface area contributed by atoms with Gasteiger partial charge in [0.05, 0.1) is 0 Å². The fraction of sp³-hybridized carbons (Fsp3) is 0.462. The Kier molecular flexibility index (Phi) is 3.81. The molecule has 1 radical (unpaired) electrons. The van der Waals surface area contributed by atoms with Gasteiger partial charge in [-0.1, -0.05) is 37.5 Å². The Labute approximate surface area is 95.8 Å². The number of hydrogen-bond acceptors (Lipinski definition) is 2. The standard InChI is InChI=1S/C13H16NO2/c15-13(14-10-9-11-5-4-6-11)16-12-7-2-1-3-8-12/h1-3,7-8,11H,4-6,9-10H2. The highest BCUT2D eigenvalue weighted by Gasteiger charge is 2.17. The fourth-order valence-corrected chi connectivity index (χ4v) is 1.74. The lowest BCUT2D eigenvalue weighted by molar-refractivity contribution is 0.196. The summed E-state index contributed by atoms with van der Waals surface area (Å²) in [5, 5.41) is 3.88. The number of hydrogen-bond donors (Lipinski definition) is 0. The summed E-state index contributed by atoms with van der Waals surface area (Å²) >= 11 is 0. The number of carbonyl (C=O) groups is 1. The Morgan fingerprint density at radius 2 is 2.06 bits per heavy atom. The number of nitrogens with zero attached hydrogens (tertiary/aromatic N) is 1. The maximum Gasteiger partial charge on any atom is 0.434 e. The number of benzene rings is 1. The lowest BCUT2D eigenvalue weighted by Gasteiger charge is -2.24. The molecule has 3 nitrogen and oxygen atoms in total. The van der Waals surface area contributed by atoms with Gasteiger partial charge in [0.1, 0.15) is 5.75 Å². The van der Waals surface area contributed by atoms with Crippen LogP contribution in [0.1, 0.15) is 25.7 Å². The van der Waals surface area contributed by atoms with Crippen molar-refractivity contribution in [2.24, 2.45) is 5.92 Å². The second-order valence-electron chi connectivity index (χ2n) is 4.15. The summed E-state index contributed by atoms with van der Waals surface area (Å²) in [4.78, 5) is 11.3. The molecule has 3 heteroatoms. The van der Waals surface area contributed by atoms with Crippen molar-refractivity contribution in [1.29, 1.82) is 0 Å². The number of amides is 1. The van der Waals surface area contributed by atoms with Crippen LogP contribution in [0.25, 0.3) is 0 Å². The quantitative estimate of drug-likeness (QED) is 0.779. The Hall–Kier alpha value is -1.51. The molecule has 0 aliphatic heterocycles. The average molecular weight is 218 g/mol. The van der Waals surface area contributed by atoms with Gasteiger partial charge in [0.25, 0.3) is 0 Å². The number of ether oxygens (including phenoxy) is 1. The molecule has 2 rings (SSSR count). The highest BCUT2D eigenvalue weighted by atomic mass is 16.5. The van der Waals surface area contributed by atoms with Gasteiger partial charge in [-0.05, 0) is 24.5 Å². The van der Waals surface area contributed by atoms with E-state index in [-0.39, 0.29) is 0 Å². The third kappa shape index (κ3) is 3.26. The zero-order valence-electron chi connectivity index (χ0n) is 9.26. The zero-order valence-corrected chi connectivity index (χ0v) is 9.26. The SMILES string of the molecule is O=C([N]CCC1CCC1)Oc1ccccc1. The Balaban J connectivity index is 1.64. The Morgan fingerprint density at radius 1 is 1.31 bits per heavy atom. The van der Waals surface area contributed by atoms with Crippen LogP contribution in [0.5, 0.6) is 5.75 Å². The van der Waals surface area contributed by atoms with Gasteiger partial charge in [-0.2, -0.15) is 0 Å². The molecule has 0 bridgehead atoms. The van der Waals surface area contributed by atoms with Crippen LogP contribution in [0, 0.1) is 5.92 Å². The number of rotatable bonds is 4. The summed E-state index contributed by atoms with van der Waals surface area (Å²) in [5.74, 6) is 1.34. The minimum absolute atomic E-state index is 0.481. The first kappa shape index (κ1) is 11.0. The van der Waals surface area contributed by atoms with Crippen molar-refractivity contribution < 1.29 is 9.53 Å². The first-order valence-electron chi connectivity index (χ1n) is 5.79. The van der Waals surface area contributed by atoms with Crippen LogP contribution in [0.4, 0.5) is 4.79 Å².